The van der Waals surface area contributed by atoms with Crippen LogP contribution in [-0.2, 0) is 23.3 Å². The van der Waals surface area contributed by atoms with Gasteiger partial charge in [-0.1, -0.05) is 135 Å². The number of aldehydes is 1. The Morgan fingerprint density at radius 2 is 0.838 bits per heavy atom. The molecular weight excluding hydrogens is 1080 g/mol. The van der Waals surface area contributed by atoms with Crippen LogP contribution in [0.4, 0.5) is 0 Å². The number of alkyl halides is 1. The average molecular weight is 1150 g/mol. The van der Waals surface area contributed by atoms with E-state index in [1.54, 1.807) is 43.0 Å². The second-order valence-electron chi connectivity index (χ2n) is 18.1. The first-order valence-corrected chi connectivity index (χ1v) is 26.3. The van der Waals surface area contributed by atoms with Gasteiger partial charge in [-0.05, 0) is 93.9 Å². The van der Waals surface area contributed by atoms with Crippen molar-refractivity contribution >= 4 is 28.1 Å². The van der Waals surface area contributed by atoms with E-state index in [-0.39, 0.29) is 60.6 Å². The number of ether oxygens (including phenoxy) is 8. The molecule has 0 saturated carbocycles. The van der Waals surface area contributed by atoms with Crippen LogP contribution >= 0.6 is 15.9 Å². The summed E-state index contributed by atoms with van der Waals surface area (Å²) >= 11 is 3.43. The summed E-state index contributed by atoms with van der Waals surface area (Å²) in [6, 6.07) is 46.1. The zero-order valence-electron chi connectivity index (χ0n) is 41.8. The number of fused-ring (bicyclic) bond motifs is 4. The van der Waals surface area contributed by atoms with Crippen LogP contribution in [0.2, 0.25) is 0 Å². The van der Waals surface area contributed by atoms with Crippen LogP contribution in [0.5, 0.6) is 46.5 Å². The number of carbonyl (C=O) groups is 2. The number of hydrogen-bond donors (Lipinski definition) is 1. The molecule has 5 aliphatic heterocycles. The van der Waals surface area contributed by atoms with E-state index in [0.717, 1.165) is 58.0 Å². The molecule has 0 aliphatic carbocycles. The van der Waals surface area contributed by atoms with Gasteiger partial charge in [-0.15, -0.1) is 0 Å². The average Bonchev–Trinajstić information content (AvgIpc) is 3.92. The Morgan fingerprint density at radius 3 is 1.15 bits per heavy atom. The Morgan fingerprint density at radius 1 is 0.500 bits per heavy atom. The fourth-order valence-corrected chi connectivity index (χ4v) is 9.04. The predicted octanol–water partition coefficient (Wildman–Crippen LogP) is 12.9. The maximum atomic E-state index is 11.7. The lowest BCUT2D eigenvalue weighted by Gasteiger charge is -2.25. The van der Waals surface area contributed by atoms with E-state index < -0.39 is 0 Å². The summed E-state index contributed by atoms with van der Waals surface area (Å²) in [5, 5.41) is 9.86. The van der Waals surface area contributed by atoms with Crippen molar-refractivity contribution in [2.75, 3.05) is 33.0 Å². The van der Waals surface area contributed by atoms with E-state index >= 15 is 0 Å². The number of carbonyl (C=O) groups excluding carboxylic acids is 2. The number of likely N-dealkylation sites (tertiary alicyclic amines) is 1. The summed E-state index contributed by atoms with van der Waals surface area (Å²) in [5.41, 5.74) is 8.06. The van der Waals surface area contributed by atoms with E-state index in [2.05, 4.69) is 72.3 Å². The van der Waals surface area contributed by atoms with Gasteiger partial charge in [0.1, 0.15) is 32.7 Å². The zero-order chi connectivity index (χ0) is 52.8. The first-order valence-electron chi connectivity index (χ1n) is 25.1. The lowest BCUT2D eigenvalue weighted by molar-refractivity contribution is -0.128. The molecule has 16 nitrogen and oxygen atoms in total. The van der Waals surface area contributed by atoms with E-state index in [4.69, 9.17) is 43.0 Å². The fourth-order valence-electron chi connectivity index (χ4n) is 8.67. The molecule has 80 heavy (non-hydrogen) atoms. The molecule has 0 radical (unpaired) electrons. The van der Waals surface area contributed by atoms with Crippen molar-refractivity contribution < 1.29 is 54.0 Å². The second kappa shape index (κ2) is 28.9. The Bertz CT molecular complexity index is 3130. The molecule has 4 atom stereocenters. The van der Waals surface area contributed by atoms with E-state index in [1.807, 2.05) is 95.9 Å². The highest BCUT2D eigenvalue weighted by Crippen LogP contribution is 2.37. The van der Waals surface area contributed by atoms with Crippen LogP contribution in [0, 0.1) is 0 Å². The van der Waals surface area contributed by atoms with Gasteiger partial charge in [0.05, 0.1) is 6.61 Å². The maximum Gasteiger partial charge on any atom is 0.257 e. The van der Waals surface area contributed by atoms with Crippen molar-refractivity contribution in [1.82, 2.24) is 24.8 Å². The fraction of sp³-hybridized carbons (Fsp3) is 0.270. The number of aliphatic hydroxyl groups excluding tert-OH is 1. The standard InChI is InChI=1S/C18H18N2O3.C14H12BrNO2.C14H13NO3.C14H11NO3.3CH4.H2/c21-17-4-2-10-20(17)11-13-5-7-14(8-6-13)16-12-22-15-3-1-9-19-18(15)23-16;15-8-10-3-5-11(6-4-10)13-9-17-12-2-1-7-16-14(12)18-13;2*16-8-10-3-5-11(6-4-10)13-9-17-12-2-1-7-15-14(12)18-13;;;;/h1,3,5-9,16H,2,4,10-12H2;1-7,13H,8-9H2;1-7,13,16H,8-9H2;1-8,13H,9H2;3*1H4;1H/i;;;;;;;1+1. The van der Waals surface area contributed by atoms with Gasteiger partial charge >= 0.3 is 0 Å². The van der Waals surface area contributed by atoms with Crippen LogP contribution in [0.1, 0.15) is 110 Å². The minimum absolute atomic E-state index is 0. The number of amides is 1. The first-order chi connectivity index (χ1) is 37.9. The molecule has 4 aromatic carbocycles. The topological polar surface area (TPSA) is 183 Å². The van der Waals surface area contributed by atoms with Crippen LogP contribution < -0.4 is 37.9 Å². The van der Waals surface area contributed by atoms with Gasteiger partial charge in [0, 0.05) is 56.6 Å². The Balaban J connectivity index is 0.000000172. The van der Waals surface area contributed by atoms with Crippen molar-refractivity contribution in [2.45, 2.75) is 78.0 Å². The Kier molecular flexibility index (Phi) is 21.4. The molecule has 1 saturated heterocycles. The van der Waals surface area contributed by atoms with Gasteiger partial charge in [0.2, 0.25) is 5.91 Å². The molecule has 4 unspecified atom stereocenters. The number of benzene rings is 4. The Labute approximate surface area is 477 Å². The Hall–Kier alpha value is -8.54. The monoisotopic (exact) mass is 1150 g/mol. The van der Waals surface area contributed by atoms with Gasteiger partial charge < -0.3 is 47.9 Å². The molecule has 8 aromatic rings. The normalized spacial score (nSPS) is 17.5. The SMILES string of the molecule is BrCc1ccc(C2COc3cccnc3O2)cc1.C.C.C.O=C1CCCN1Cc1ccc(C2COc3cccnc3O2)cc1.O=Cc1ccc(C2COc3cccnc3O2)cc1.OCc1ccc(C2COc3cccnc3O2)cc1.[2HH]. The van der Waals surface area contributed by atoms with Crippen LogP contribution in [-0.4, -0.2) is 75.1 Å². The van der Waals surface area contributed by atoms with Gasteiger partial charge in [0.25, 0.3) is 23.5 Å². The van der Waals surface area contributed by atoms with Crippen LogP contribution in [0.15, 0.2) is 170 Å². The number of rotatable bonds is 9. The molecule has 1 amide bonds. The molecule has 0 spiro atoms. The molecule has 418 valence electrons. The maximum absolute atomic E-state index is 11.7. The summed E-state index contributed by atoms with van der Waals surface area (Å²) in [5.74, 6) is 5.14. The smallest absolute Gasteiger partial charge is 0.257 e. The quantitative estimate of drug-likeness (QED) is 0.106. The third-order valence-corrected chi connectivity index (χ3v) is 13.5. The summed E-state index contributed by atoms with van der Waals surface area (Å²) in [7, 11) is 0. The van der Waals surface area contributed by atoms with Crippen LogP contribution in [0.3, 0.4) is 0 Å². The number of pyridine rings is 4. The number of hydrogen-bond acceptors (Lipinski definition) is 15. The van der Waals surface area contributed by atoms with Gasteiger partial charge in [-0.2, -0.15) is 0 Å². The van der Waals surface area contributed by atoms with E-state index in [0.29, 0.717) is 91.5 Å². The molecule has 0 bridgehead atoms. The lowest BCUT2D eigenvalue weighted by atomic mass is 10.1. The number of aliphatic hydroxyl groups is 1. The highest BCUT2D eigenvalue weighted by molar-refractivity contribution is 9.08. The van der Waals surface area contributed by atoms with Crippen molar-refractivity contribution in [1.29, 1.82) is 0 Å². The van der Waals surface area contributed by atoms with Crippen molar-refractivity contribution in [3.05, 3.63) is 215 Å². The molecule has 5 aliphatic rings. The zero-order valence-corrected chi connectivity index (χ0v) is 43.4. The van der Waals surface area contributed by atoms with E-state index in [1.165, 1.54) is 5.56 Å². The molecule has 1 fully saturated rings. The first kappa shape index (κ1) is 59.1. The van der Waals surface area contributed by atoms with Gasteiger partial charge in [-0.3, -0.25) is 9.59 Å². The predicted molar refractivity (Wildman–Crippen MR) is 309 cm³/mol. The summed E-state index contributed by atoms with van der Waals surface area (Å²) < 4.78 is 45.9. The summed E-state index contributed by atoms with van der Waals surface area (Å²) in [6.45, 7) is 3.51. The van der Waals surface area contributed by atoms with Gasteiger partial charge in [-0.25, -0.2) is 19.9 Å². The third kappa shape index (κ3) is 15.0. The molecule has 13 rings (SSSR count). The second-order valence-corrected chi connectivity index (χ2v) is 18.7. The van der Waals surface area contributed by atoms with Crippen molar-refractivity contribution in [2.24, 2.45) is 0 Å². The highest BCUT2D eigenvalue weighted by atomic mass is 79.9. The van der Waals surface area contributed by atoms with Crippen LogP contribution in [0.25, 0.3) is 0 Å². The number of halogens is 1. The number of nitrogens with zero attached hydrogens (tertiary/aromatic N) is 5. The molecule has 4 aromatic heterocycles. The molecular formula is C63H68BrN5O11. The minimum Gasteiger partial charge on any atom is -0.484 e. The summed E-state index contributed by atoms with van der Waals surface area (Å²) in [6.07, 6.45) is 8.64. The molecule has 9 heterocycles. The van der Waals surface area contributed by atoms with Crippen molar-refractivity contribution in [3.8, 4) is 46.5 Å². The minimum atomic E-state index is -0.187. The lowest BCUT2D eigenvalue weighted by Crippen LogP contribution is -2.24. The summed E-state index contributed by atoms with van der Waals surface area (Å²) in [4.78, 5) is 40.8. The number of aromatic nitrogens is 4. The highest BCUT2D eigenvalue weighted by Gasteiger charge is 2.27. The third-order valence-electron chi connectivity index (χ3n) is 12.9. The van der Waals surface area contributed by atoms with E-state index in [9.17, 15) is 9.59 Å². The molecule has 17 heteroatoms. The van der Waals surface area contributed by atoms with Crippen molar-refractivity contribution in [3.63, 3.8) is 0 Å². The van der Waals surface area contributed by atoms with Gasteiger partial charge in [0.15, 0.2) is 47.4 Å². The molecule has 1 N–H and O–H groups in total. The largest absolute Gasteiger partial charge is 0.484 e.